The Morgan fingerprint density at radius 3 is 2.80 bits per heavy atom. The number of rotatable bonds is 3. The second-order valence-electron chi connectivity index (χ2n) is 4.84. The fourth-order valence-corrected chi connectivity index (χ4v) is 2.20. The number of nitrogens with one attached hydrogen (secondary N) is 2. The number of amides is 2. The predicted octanol–water partition coefficient (Wildman–Crippen LogP) is 1.35. The van der Waals surface area contributed by atoms with Crippen LogP contribution < -0.4 is 10.6 Å². The number of hydrogen-bond donors (Lipinski definition) is 3. The summed E-state index contributed by atoms with van der Waals surface area (Å²) in [5.41, 5.74) is -0.202. The van der Waals surface area contributed by atoms with Crippen LogP contribution in [-0.4, -0.2) is 48.2 Å². The quantitative estimate of drug-likeness (QED) is 0.781. The summed E-state index contributed by atoms with van der Waals surface area (Å²) in [6.07, 6.45) is 0.846. The summed E-state index contributed by atoms with van der Waals surface area (Å²) in [7, 11) is 1.96. The number of urea groups is 1. The van der Waals surface area contributed by atoms with Gasteiger partial charge in [0.15, 0.2) is 0 Å². The lowest BCUT2D eigenvalue weighted by Crippen LogP contribution is -2.39. The van der Waals surface area contributed by atoms with Crippen molar-refractivity contribution in [2.24, 2.45) is 0 Å². The van der Waals surface area contributed by atoms with E-state index >= 15 is 0 Å². The minimum absolute atomic E-state index is 0.0359. The molecule has 6 nitrogen and oxygen atoms in total. The van der Waals surface area contributed by atoms with Gasteiger partial charge in [-0.1, -0.05) is 0 Å². The zero-order valence-electron chi connectivity index (χ0n) is 11.0. The standard InChI is InChI=1S/C13H16FN3O3/c1-17-5-4-9(7-17)15-13(20)16-11-3-2-8(14)6-10(11)12(18)19/h2-3,6,9H,4-5,7H2,1H3,(H,18,19)(H2,15,16,20). The van der Waals surface area contributed by atoms with Crippen molar-refractivity contribution in [1.29, 1.82) is 0 Å². The van der Waals surface area contributed by atoms with Gasteiger partial charge < -0.3 is 20.6 Å². The molecule has 0 radical (unpaired) electrons. The Bertz CT molecular complexity index is 536. The van der Waals surface area contributed by atoms with Gasteiger partial charge in [-0.25, -0.2) is 14.0 Å². The SMILES string of the molecule is CN1CCC(NC(=O)Nc2ccc(F)cc2C(=O)O)C1. The third-order valence-corrected chi connectivity index (χ3v) is 3.19. The van der Waals surface area contributed by atoms with Gasteiger partial charge in [-0.3, -0.25) is 0 Å². The van der Waals surface area contributed by atoms with Crippen LogP contribution in [0.4, 0.5) is 14.9 Å². The van der Waals surface area contributed by atoms with Gasteiger partial charge >= 0.3 is 12.0 Å². The molecular weight excluding hydrogens is 265 g/mol. The smallest absolute Gasteiger partial charge is 0.337 e. The van der Waals surface area contributed by atoms with Crippen molar-refractivity contribution in [3.05, 3.63) is 29.6 Å². The van der Waals surface area contributed by atoms with Crippen LogP contribution in [-0.2, 0) is 0 Å². The molecule has 1 atom stereocenters. The molecule has 1 saturated heterocycles. The highest BCUT2D eigenvalue weighted by molar-refractivity contribution is 6.00. The largest absolute Gasteiger partial charge is 0.478 e. The third kappa shape index (κ3) is 3.45. The van der Waals surface area contributed by atoms with Gasteiger partial charge in [0.2, 0.25) is 0 Å². The molecule has 20 heavy (non-hydrogen) atoms. The molecule has 0 saturated carbocycles. The number of aromatic carboxylic acids is 1. The van der Waals surface area contributed by atoms with E-state index in [0.29, 0.717) is 0 Å². The van der Waals surface area contributed by atoms with E-state index in [4.69, 9.17) is 5.11 Å². The highest BCUT2D eigenvalue weighted by Crippen LogP contribution is 2.17. The summed E-state index contributed by atoms with van der Waals surface area (Å²) >= 11 is 0. The molecule has 7 heteroatoms. The van der Waals surface area contributed by atoms with Crippen LogP contribution in [0.1, 0.15) is 16.8 Å². The first-order valence-electron chi connectivity index (χ1n) is 6.24. The van der Waals surface area contributed by atoms with Crippen LogP contribution in [0.25, 0.3) is 0 Å². The van der Waals surface area contributed by atoms with E-state index in [-0.39, 0.29) is 17.3 Å². The number of benzene rings is 1. The number of carbonyl (C=O) groups is 2. The molecule has 0 spiro atoms. The fourth-order valence-electron chi connectivity index (χ4n) is 2.20. The summed E-state index contributed by atoms with van der Waals surface area (Å²) in [4.78, 5) is 24.9. The fraction of sp³-hybridized carbons (Fsp3) is 0.385. The van der Waals surface area contributed by atoms with Crippen molar-refractivity contribution in [2.45, 2.75) is 12.5 Å². The van der Waals surface area contributed by atoms with Gasteiger partial charge in [0.05, 0.1) is 11.3 Å². The summed E-state index contributed by atoms with van der Waals surface area (Å²) in [6.45, 7) is 1.66. The van der Waals surface area contributed by atoms with E-state index < -0.39 is 17.8 Å². The van der Waals surface area contributed by atoms with Crippen molar-refractivity contribution in [3.63, 3.8) is 0 Å². The van der Waals surface area contributed by atoms with Gasteiger partial charge in [0.1, 0.15) is 5.82 Å². The molecule has 1 aliphatic heterocycles. The van der Waals surface area contributed by atoms with Crippen LogP contribution in [0.5, 0.6) is 0 Å². The summed E-state index contributed by atoms with van der Waals surface area (Å²) < 4.78 is 13.0. The highest BCUT2D eigenvalue weighted by atomic mass is 19.1. The van der Waals surface area contributed by atoms with E-state index in [2.05, 4.69) is 15.5 Å². The zero-order chi connectivity index (χ0) is 14.7. The van der Waals surface area contributed by atoms with Crippen molar-refractivity contribution in [3.8, 4) is 0 Å². The normalized spacial score (nSPS) is 18.8. The Morgan fingerprint density at radius 2 is 2.20 bits per heavy atom. The molecule has 0 aromatic heterocycles. The highest BCUT2D eigenvalue weighted by Gasteiger charge is 2.21. The Morgan fingerprint density at radius 1 is 1.45 bits per heavy atom. The Hall–Kier alpha value is -2.15. The molecule has 1 fully saturated rings. The predicted molar refractivity (Wildman–Crippen MR) is 71.4 cm³/mol. The summed E-state index contributed by atoms with van der Waals surface area (Å²) in [5.74, 6) is -1.95. The maximum atomic E-state index is 13.0. The van der Waals surface area contributed by atoms with Gasteiger partial charge in [-0.2, -0.15) is 0 Å². The second-order valence-corrected chi connectivity index (χ2v) is 4.84. The number of anilines is 1. The zero-order valence-corrected chi connectivity index (χ0v) is 11.0. The summed E-state index contributed by atoms with van der Waals surface area (Å²) in [5, 5.41) is 14.2. The molecule has 0 bridgehead atoms. The first-order valence-corrected chi connectivity index (χ1v) is 6.24. The van der Waals surface area contributed by atoms with Crippen molar-refractivity contribution in [2.75, 3.05) is 25.5 Å². The monoisotopic (exact) mass is 281 g/mol. The first kappa shape index (κ1) is 14.3. The molecule has 2 amide bonds. The van der Waals surface area contributed by atoms with E-state index in [1.807, 2.05) is 7.05 Å². The minimum atomic E-state index is -1.29. The van der Waals surface area contributed by atoms with Crippen molar-refractivity contribution in [1.82, 2.24) is 10.2 Å². The van der Waals surface area contributed by atoms with Crippen LogP contribution in [0.3, 0.4) is 0 Å². The number of carboxylic acids is 1. The number of likely N-dealkylation sites (N-methyl/N-ethyl adjacent to an activating group) is 1. The molecular formula is C13H16FN3O3. The molecule has 1 aliphatic rings. The van der Waals surface area contributed by atoms with E-state index in [9.17, 15) is 14.0 Å². The van der Waals surface area contributed by atoms with E-state index in [1.54, 1.807) is 0 Å². The maximum absolute atomic E-state index is 13.0. The van der Waals surface area contributed by atoms with Crippen LogP contribution in [0, 0.1) is 5.82 Å². The molecule has 1 heterocycles. The van der Waals surface area contributed by atoms with Gasteiger partial charge in [-0.05, 0) is 38.2 Å². The lowest BCUT2D eigenvalue weighted by Gasteiger charge is -2.14. The number of likely N-dealkylation sites (tertiary alicyclic amines) is 1. The van der Waals surface area contributed by atoms with Gasteiger partial charge in [0, 0.05) is 12.6 Å². The summed E-state index contributed by atoms with van der Waals surface area (Å²) in [6, 6.07) is 2.76. The number of carboxylic acid groups (broad SMARTS) is 1. The third-order valence-electron chi connectivity index (χ3n) is 3.19. The van der Waals surface area contributed by atoms with Crippen LogP contribution in [0.15, 0.2) is 18.2 Å². The van der Waals surface area contributed by atoms with Crippen LogP contribution >= 0.6 is 0 Å². The maximum Gasteiger partial charge on any atom is 0.337 e. The average molecular weight is 281 g/mol. The minimum Gasteiger partial charge on any atom is -0.478 e. The van der Waals surface area contributed by atoms with Crippen LogP contribution in [0.2, 0.25) is 0 Å². The Kier molecular flexibility index (Phi) is 4.19. The second kappa shape index (κ2) is 5.87. The molecule has 2 rings (SSSR count). The number of nitrogens with zero attached hydrogens (tertiary/aromatic N) is 1. The molecule has 1 aromatic carbocycles. The topological polar surface area (TPSA) is 81.7 Å². The van der Waals surface area contributed by atoms with E-state index in [0.717, 1.165) is 31.6 Å². The Balaban J connectivity index is 2.02. The van der Waals surface area contributed by atoms with E-state index in [1.165, 1.54) is 6.07 Å². The molecule has 3 N–H and O–H groups in total. The van der Waals surface area contributed by atoms with Gasteiger partial charge in [-0.15, -0.1) is 0 Å². The number of halogens is 1. The van der Waals surface area contributed by atoms with Gasteiger partial charge in [0.25, 0.3) is 0 Å². The molecule has 1 unspecified atom stereocenters. The average Bonchev–Trinajstić information content (AvgIpc) is 2.76. The van der Waals surface area contributed by atoms with Crippen molar-refractivity contribution < 1.29 is 19.1 Å². The lowest BCUT2D eigenvalue weighted by atomic mass is 10.1. The number of hydrogen-bond acceptors (Lipinski definition) is 3. The molecule has 1 aromatic rings. The molecule has 108 valence electrons. The first-order chi connectivity index (χ1) is 9.45. The number of carbonyl (C=O) groups excluding carboxylic acids is 1. The van der Waals surface area contributed by atoms with Crippen molar-refractivity contribution >= 4 is 17.7 Å². The Labute approximate surface area is 115 Å². The lowest BCUT2D eigenvalue weighted by molar-refractivity contribution is 0.0697. The molecule has 0 aliphatic carbocycles.